The second-order valence-corrected chi connectivity index (χ2v) is 8.62. The van der Waals surface area contributed by atoms with Gasteiger partial charge in [-0.25, -0.2) is 0 Å². The van der Waals surface area contributed by atoms with Gasteiger partial charge in [0.25, 0.3) is 0 Å². The van der Waals surface area contributed by atoms with Crippen molar-refractivity contribution in [1.29, 1.82) is 0 Å². The minimum atomic E-state index is -1.18. The molecule has 0 amide bonds. The van der Waals surface area contributed by atoms with Gasteiger partial charge in [-0.1, -0.05) is 13.8 Å². The Morgan fingerprint density at radius 2 is 1.08 bits per heavy atom. The summed E-state index contributed by atoms with van der Waals surface area (Å²) >= 11 is 1.60. The molecule has 222 valence electrons. The number of carboxylic acids is 5. The van der Waals surface area contributed by atoms with Gasteiger partial charge in [0.05, 0.1) is 12.6 Å². The Balaban J connectivity index is -0.000000117. The largest absolute Gasteiger partial charge is 0.480 e. The van der Waals surface area contributed by atoms with Crippen LogP contribution in [0, 0.1) is 5.92 Å². The first-order chi connectivity index (χ1) is 16.7. The van der Waals surface area contributed by atoms with Crippen LogP contribution in [0.4, 0.5) is 0 Å². The van der Waals surface area contributed by atoms with Crippen LogP contribution in [0.2, 0.25) is 0 Å². The first kappa shape index (κ1) is 44.5. The lowest BCUT2D eigenvalue weighted by Gasteiger charge is -2.07. The van der Waals surface area contributed by atoms with Gasteiger partial charge in [0.1, 0.15) is 24.2 Å². The van der Waals surface area contributed by atoms with E-state index in [1.807, 2.05) is 20.1 Å². The summed E-state index contributed by atoms with van der Waals surface area (Å²) in [5.74, 6) is -3.77. The van der Waals surface area contributed by atoms with Crippen LogP contribution in [0.15, 0.2) is 0 Å². The summed E-state index contributed by atoms with van der Waals surface area (Å²) < 4.78 is 0. The molecule has 0 fully saturated rings. The molecule has 16 N–H and O–H groups in total. The molecular formula is C20H45N5O11S. The summed E-state index contributed by atoms with van der Waals surface area (Å²) in [5, 5.41) is 48.6. The molecule has 0 aliphatic carbocycles. The number of thioether (sulfide) groups is 1. The predicted octanol–water partition coefficient (Wildman–Crippen LogP) is -2.18. The van der Waals surface area contributed by atoms with Crippen molar-refractivity contribution in [1.82, 2.24) is 0 Å². The number of rotatable bonds is 11. The predicted molar refractivity (Wildman–Crippen MR) is 139 cm³/mol. The second-order valence-electron chi connectivity index (χ2n) is 7.63. The highest BCUT2D eigenvalue weighted by Gasteiger charge is 2.16. The monoisotopic (exact) mass is 563 g/mol. The average Bonchev–Trinajstić information content (AvgIpc) is 2.77. The molecule has 0 radical (unpaired) electrons. The Bertz CT molecular complexity index is 638. The van der Waals surface area contributed by atoms with E-state index >= 15 is 0 Å². The summed E-state index contributed by atoms with van der Waals surface area (Å²) in [4.78, 5) is 48.9. The molecule has 37 heavy (non-hydrogen) atoms. The van der Waals surface area contributed by atoms with Gasteiger partial charge in [-0.2, -0.15) is 11.8 Å². The quantitative estimate of drug-likeness (QED) is 0.127. The van der Waals surface area contributed by atoms with Crippen LogP contribution in [0.3, 0.4) is 0 Å². The van der Waals surface area contributed by atoms with Gasteiger partial charge in [0.2, 0.25) is 0 Å². The van der Waals surface area contributed by atoms with Crippen LogP contribution < -0.4 is 28.7 Å². The second kappa shape index (κ2) is 28.0. The first-order valence-corrected chi connectivity index (χ1v) is 12.1. The van der Waals surface area contributed by atoms with E-state index in [0.29, 0.717) is 18.8 Å². The molecule has 0 unspecified atom stereocenters. The van der Waals surface area contributed by atoms with Gasteiger partial charge >= 0.3 is 29.8 Å². The molecule has 0 aromatic rings. The molecule has 0 bridgehead atoms. The van der Waals surface area contributed by atoms with Gasteiger partial charge in [0.15, 0.2) is 0 Å². The molecule has 0 aromatic heterocycles. The number of carboxylic acid groups (broad SMARTS) is 5. The van der Waals surface area contributed by atoms with Crippen LogP contribution in [-0.2, 0) is 24.0 Å². The van der Waals surface area contributed by atoms with E-state index in [0.717, 1.165) is 5.75 Å². The standard InChI is InChI=1S/C6H13NO2.C5H11NO2S.C4H9NO3.C3H7NO2.C2H5NO2/c1-4(2)3-5(7)6(8)9;1-9-3-2-4(6)5(7)8;1-2(6)3(5)4(7)8;1-2(4)3(5)6;3-1-2(4)5/h4-5H,3,7H2,1-2H3,(H,8,9);4H,2-3,6H2,1H3,(H,7,8);2-3,6H,5H2,1H3,(H,7,8);2H,4H2,1H3,(H,5,6);1,3H2,(H,4,5)/t5-;4-;2-,3+;2-;/m0010./s1. The summed E-state index contributed by atoms with van der Waals surface area (Å²) in [6.45, 7) is 6.37. The zero-order valence-electron chi connectivity index (χ0n) is 21.8. The van der Waals surface area contributed by atoms with Crippen molar-refractivity contribution in [2.45, 2.75) is 70.8 Å². The van der Waals surface area contributed by atoms with Gasteiger partial charge in [-0.05, 0) is 44.6 Å². The fourth-order valence-electron chi connectivity index (χ4n) is 1.18. The van der Waals surface area contributed by atoms with Gasteiger partial charge in [-0.15, -0.1) is 0 Å². The van der Waals surface area contributed by atoms with E-state index in [4.69, 9.17) is 53.6 Å². The highest BCUT2D eigenvalue weighted by molar-refractivity contribution is 7.98. The molecule has 0 spiro atoms. The van der Waals surface area contributed by atoms with E-state index in [1.165, 1.54) is 13.8 Å². The first-order valence-electron chi connectivity index (χ1n) is 10.7. The SMILES string of the molecule is CC(C)C[C@H](N)C(=O)O.CSCC[C@H](N)C(=O)O.C[C@@H](O)[C@H](N)C(=O)O.C[C@H](N)C(=O)O.NCC(=O)O. The molecule has 0 rings (SSSR count). The molecule has 0 aliphatic heterocycles. The smallest absolute Gasteiger partial charge is 0.323 e. The topological polar surface area (TPSA) is 337 Å². The number of hydrogen-bond acceptors (Lipinski definition) is 12. The molecule has 0 saturated heterocycles. The minimum absolute atomic E-state index is 0.278. The Hall–Kier alpha value is -2.54. The maximum atomic E-state index is 10.1. The molecule has 17 heteroatoms. The molecule has 0 saturated carbocycles. The van der Waals surface area contributed by atoms with Crippen molar-refractivity contribution in [2.24, 2.45) is 34.6 Å². The lowest BCUT2D eigenvalue weighted by molar-refractivity contribution is -0.141. The van der Waals surface area contributed by atoms with Crippen molar-refractivity contribution < 1.29 is 54.6 Å². The third-order valence-electron chi connectivity index (χ3n) is 3.36. The zero-order valence-corrected chi connectivity index (χ0v) is 22.6. The van der Waals surface area contributed by atoms with Crippen LogP contribution in [-0.4, -0.2) is 109 Å². The molecule has 0 aliphatic rings. The zero-order chi connectivity index (χ0) is 30.9. The number of nitrogens with two attached hydrogens (primary N) is 5. The van der Waals surface area contributed by atoms with E-state index in [9.17, 15) is 24.0 Å². The van der Waals surface area contributed by atoms with Gasteiger partial charge in [0, 0.05) is 0 Å². The number of aliphatic hydroxyl groups is 1. The Morgan fingerprint density at radius 1 is 0.730 bits per heavy atom. The van der Waals surface area contributed by atoms with E-state index in [-0.39, 0.29) is 6.54 Å². The van der Waals surface area contributed by atoms with Crippen LogP contribution in [0.25, 0.3) is 0 Å². The lowest BCUT2D eigenvalue weighted by Crippen LogP contribution is -2.39. The highest BCUT2D eigenvalue weighted by Crippen LogP contribution is 2.01. The number of aliphatic carboxylic acids is 5. The number of aliphatic hydroxyl groups excluding tert-OH is 1. The third-order valence-corrected chi connectivity index (χ3v) is 4.01. The summed E-state index contributed by atoms with van der Waals surface area (Å²) in [6, 6.07) is -3.26. The van der Waals surface area contributed by atoms with Crippen LogP contribution in [0.5, 0.6) is 0 Å². The van der Waals surface area contributed by atoms with E-state index in [1.54, 1.807) is 11.8 Å². The lowest BCUT2D eigenvalue weighted by atomic mass is 10.1. The maximum absolute atomic E-state index is 10.1. The van der Waals surface area contributed by atoms with Crippen molar-refractivity contribution in [3.63, 3.8) is 0 Å². The van der Waals surface area contributed by atoms with Gasteiger partial charge < -0.3 is 59.3 Å². The maximum Gasteiger partial charge on any atom is 0.323 e. The number of carbonyl (C=O) groups is 5. The fourth-order valence-corrected chi connectivity index (χ4v) is 1.67. The normalized spacial score (nSPS) is 13.5. The molecule has 0 heterocycles. The van der Waals surface area contributed by atoms with Gasteiger partial charge in [-0.3, -0.25) is 24.0 Å². The molecule has 0 aromatic carbocycles. The third kappa shape index (κ3) is 43.9. The van der Waals surface area contributed by atoms with Crippen molar-refractivity contribution >= 4 is 41.6 Å². The summed E-state index contributed by atoms with van der Waals surface area (Å²) in [6.07, 6.45) is 2.05. The number of hydrogen-bond donors (Lipinski definition) is 11. The minimum Gasteiger partial charge on any atom is -0.480 e. The Labute approximate surface area is 220 Å². The van der Waals surface area contributed by atoms with Crippen molar-refractivity contribution in [2.75, 3.05) is 18.6 Å². The van der Waals surface area contributed by atoms with Crippen molar-refractivity contribution in [3.8, 4) is 0 Å². The van der Waals surface area contributed by atoms with E-state index < -0.39 is 60.1 Å². The van der Waals surface area contributed by atoms with Crippen LogP contribution >= 0.6 is 11.8 Å². The summed E-state index contributed by atoms with van der Waals surface area (Å²) in [5.41, 5.74) is 24.7. The molecule has 16 nitrogen and oxygen atoms in total. The van der Waals surface area contributed by atoms with E-state index in [2.05, 4.69) is 5.73 Å². The van der Waals surface area contributed by atoms with Crippen molar-refractivity contribution in [3.05, 3.63) is 0 Å². The summed E-state index contributed by atoms with van der Waals surface area (Å²) in [7, 11) is 0. The highest BCUT2D eigenvalue weighted by atomic mass is 32.2. The molecular weight excluding hydrogens is 518 g/mol. The van der Waals surface area contributed by atoms with Crippen LogP contribution in [0.1, 0.15) is 40.5 Å². The average molecular weight is 564 g/mol. The Morgan fingerprint density at radius 3 is 1.19 bits per heavy atom. The fraction of sp³-hybridized carbons (Fsp3) is 0.750. The Kier molecular flexibility index (Phi) is 33.7. The molecule has 5 atom stereocenters.